The molecule has 0 bridgehead atoms. The number of hydrogen-bond donors (Lipinski definition) is 0. The van der Waals surface area contributed by atoms with Crippen LogP contribution in [0.15, 0.2) is 22.7 Å². The lowest BCUT2D eigenvalue weighted by Crippen LogP contribution is -1.99. The molecular formula is C11H14BrO. The first-order valence-corrected chi connectivity index (χ1v) is 5.18. The fourth-order valence-corrected chi connectivity index (χ4v) is 1.67. The van der Waals surface area contributed by atoms with Gasteiger partial charge in [0, 0.05) is 11.5 Å². The normalized spacial score (nSPS) is 10.5. The van der Waals surface area contributed by atoms with E-state index in [0.29, 0.717) is 6.61 Å². The molecule has 71 valence electrons. The highest BCUT2D eigenvalue weighted by Gasteiger charge is 2.10. The molecule has 0 heterocycles. The summed E-state index contributed by atoms with van der Waals surface area (Å²) in [6.45, 7) is 6.87. The quantitative estimate of drug-likeness (QED) is 0.783. The van der Waals surface area contributed by atoms with E-state index in [2.05, 4.69) is 35.8 Å². The van der Waals surface area contributed by atoms with Crippen LogP contribution >= 0.6 is 15.9 Å². The van der Waals surface area contributed by atoms with Crippen LogP contribution in [0.1, 0.15) is 26.3 Å². The van der Waals surface area contributed by atoms with Gasteiger partial charge in [-0.15, -0.1) is 0 Å². The minimum absolute atomic E-state index is 0.697. The van der Waals surface area contributed by atoms with Gasteiger partial charge in [-0.25, -0.2) is 0 Å². The minimum atomic E-state index is 0.697. The van der Waals surface area contributed by atoms with Crippen LogP contribution in [0.25, 0.3) is 0 Å². The molecule has 0 aliphatic rings. The van der Waals surface area contributed by atoms with Crippen molar-refractivity contribution in [3.05, 3.63) is 34.2 Å². The third-order valence-electron chi connectivity index (χ3n) is 1.79. The largest absolute Gasteiger partial charge is 0.492 e. The van der Waals surface area contributed by atoms with Gasteiger partial charge in [-0.2, -0.15) is 0 Å². The standard InChI is InChI=1S/C11H14BrO/c1-4-13-11-9(8(2)3)6-5-7-10(11)12/h5-7H,4H2,1-3H3. The summed E-state index contributed by atoms with van der Waals surface area (Å²) in [7, 11) is 0. The Kier molecular flexibility index (Phi) is 3.79. The Labute approximate surface area is 88.2 Å². The van der Waals surface area contributed by atoms with Crippen molar-refractivity contribution in [2.24, 2.45) is 0 Å². The molecule has 0 fully saturated rings. The Morgan fingerprint density at radius 2 is 2.08 bits per heavy atom. The van der Waals surface area contributed by atoms with Crippen LogP contribution in [0, 0.1) is 5.92 Å². The predicted octanol–water partition coefficient (Wildman–Crippen LogP) is 3.81. The summed E-state index contributed by atoms with van der Waals surface area (Å²) >= 11 is 3.48. The predicted molar refractivity (Wildman–Crippen MR) is 59.0 cm³/mol. The van der Waals surface area contributed by atoms with E-state index in [1.807, 2.05) is 19.1 Å². The third-order valence-corrected chi connectivity index (χ3v) is 2.42. The van der Waals surface area contributed by atoms with Crippen LogP contribution in [-0.4, -0.2) is 6.61 Å². The van der Waals surface area contributed by atoms with E-state index in [1.165, 1.54) is 11.5 Å². The Morgan fingerprint density at radius 3 is 2.62 bits per heavy atom. The Morgan fingerprint density at radius 1 is 1.38 bits per heavy atom. The van der Waals surface area contributed by atoms with Crippen molar-refractivity contribution in [2.45, 2.75) is 20.8 Å². The smallest absolute Gasteiger partial charge is 0.137 e. The topological polar surface area (TPSA) is 9.23 Å². The van der Waals surface area contributed by atoms with E-state index >= 15 is 0 Å². The summed E-state index contributed by atoms with van der Waals surface area (Å²) in [5.41, 5.74) is 1.18. The second-order valence-corrected chi connectivity index (χ2v) is 3.90. The molecule has 1 radical (unpaired) electrons. The molecule has 0 unspecified atom stereocenters. The average molecular weight is 242 g/mol. The van der Waals surface area contributed by atoms with Crippen LogP contribution in [0.5, 0.6) is 5.75 Å². The summed E-state index contributed by atoms with van der Waals surface area (Å²) in [6.07, 6.45) is 0. The van der Waals surface area contributed by atoms with Crippen molar-refractivity contribution >= 4 is 15.9 Å². The van der Waals surface area contributed by atoms with Crippen molar-refractivity contribution in [3.63, 3.8) is 0 Å². The number of halogens is 1. The highest BCUT2D eigenvalue weighted by Crippen LogP contribution is 2.33. The van der Waals surface area contributed by atoms with Gasteiger partial charge in [-0.05, 0) is 28.9 Å². The number of benzene rings is 1. The van der Waals surface area contributed by atoms with E-state index in [-0.39, 0.29) is 0 Å². The summed E-state index contributed by atoms with van der Waals surface area (Å²) < 4.78 is 6.58. The molecule has 1 rings (SSSR count). The third kappa shape index (κ3) is 2.47. The molecule has 0 aliphatic carbocycles. The van der Waals surface area contributed by atoms with Crippen LogP contribution < -0.4 is 4.74 Å². The van der Waals surface area contributed by atoms with Gasteiger partial charge in [0.25, 0.3) is 0 Å². The van der Waals surface area contributed by atoms with Gasteiger partial charge in [0.2, 0.25) is 0 Å². The van der Waals surface area contributed by atoms with Crippen molar-refractivity contribution < 1.29 is 4.74 Å². The van der Waals surface area contributed by atoms with Crippen LogP contribution in [0.3, 0.4) is 0 Å². The molecule has 1 aromatic carbocycles. The van der Waals surface area contributed by atoms with Gasteiger partial charge in [0.15, 0.2) is 0 Å². The molecule has 2 heteroatoms. The fourth-order valence-electron chi connectivity index (χ4n) is 1.19. The first-order chi connectivity index (χ1) is 6.16. The summed E-state index contributed by atoms with van der Waals surface area (Å²) in [6, 6.07) is 6.09. The molecule has 0 amide bonds. The number of hydrogen-bond acceptors (Lipinski definition) is 1. The maximum Gasteiger partial charge on any atom is 0.137 e. The highest BCUT2D eigenvalue weighted by atomic mass is 79.9. The van der Waals surface area contributed by atoms with Gasteiger partial charge >= 0.3 is 0 Å². The van der Waals surface area contributed by atoms with Crippen LogP contribution in [0.2, 0.25) is 0 Å². The van der Waals surface area contributed by atoms with Gasteiger partial charge < -0.3 is 4.74 Å². The molecule has 1 aromatic rings. The second kappa shape index (κ2) is 4.66. The molecule has 0 aliphatic heterocycles. The van der Waals surface area contributed by atoms with E-state index < -0.39 is 0 Å². The van der Waals surface area contributed by atoms with Crippen molar-refractivity contribution in [1.82, 2.24) is 0 Å². The van der Waals surface area contributed by atoms with Crippen LogP contribution in [-0.2, 0) is 0 Å². The van der Waals surface area contributed by atoms with Gasteiger partial charge in [-0.1, -0.05) is 26.0 Å². The summed E-state index contributed by atoms with van der Waals surface area (Å²) in [5, 5.41) is 0. The Bertz CT molecular complexity index is 281. The molecule has 13 heavy (non-hydrogen) atoms. The minimum Gasteiger partial charge on any atom is -0.492 e. The van der Waals surface area contributed by atoms with Crippen molar-refractivity contribution in [2.75, 3.05) is 6.61 Å². The molecule has 0 saturated heterocycles. The Balaban J connectivity index is 3.09. The number of rotatable bonds is 3. The van der Waals surface area contributed by atoms with Crippen molar-refractivity contribution in [1.29, 1.82) is 0 Å². The maximum atomic E-state index is 5.56. The Hall–Kier alpha value is -0.500. The SMILES string of the molecule is CCOc1c(Br)cccc1[C](C)C. The second-order valence-electron chi connectivity index (χ2n) is 3.05. The van der Waals surface area contributed by atoms with Crippen LogP contribution in [0.4, 0.5) is 0 Å². The molecule has 0 aromatic heterocycles. The first kappa shape index (κ1) is 10.6. The lowest BCUT2D eigenvalue weighted by Gasteiger charge is -2.13. The molecule has 0 spiro atoms. The van der Waals surface area contributed by atoms with Gasteiger partial charge in [-0.3, -0.25) is 0 Å². The molecule has 0 N–H and O–H groups in total. The zero-order valence-electron chi connectivity index (χ0n) is 8.23. The average Bonchev–Trinajstić information content (AvgIpc) is 2.08. The van der Waals surface area contributed by atoms with Gasteiger partial charge in [0.1, 0.15) is 5.75 Å². The van der Waals surface area contributed by atoms with E-state index in [1.54, 1.807) is 0 Å². The molecule has 0 saturated carbocycles. The van der Waals surface area contributed by atoms with E-state index in [4.69, 9.17) is 4.74 Å². The number of para-hydroxylation sites is 1. The summed E-state index contributed by atoms with van der Waals surface area (Å²) in [4.78, 5) is 0. The maximum absolute atomic E-state index is 5.56. The first-order valence-electron chi connectivity index (χ1n) is 4.38. The zero-order valence-corrected chi connectivity index (χ0v) is 9.81. The van der Waals surface area contributed by atoms with E-state index in [0.717, 1.165) is 10.2 Å². The van der Waals surface area contributed by atoms with E-state index in [9.17, 15) is 0 Å². The van der Waals surface area contributed by atoms with Gasteiger partial charge in [0.05, 0.1) is 11.1 Å². The fraction of sp³-hybridized carbons (Fsp3) is 0.364. The highest BCUT2D eigenvalue weighted by molar-refractivity contribution is 9.10. The molecule has 1 nitrogen and oxygen atoms in total. The molecule has 0 atom stereocenters. The molecular weight excluding hydrogens is 228 g/mol. The lowest BCUT2D eigenvalue weighted by molar-refractivity contribution is 0.335. The monoisotopic (exact) mass is 241 g/mol. The summed E-state index contributed by atoms with van der Waals surface area (Å²) in [5.74, 6) is 2.22. The lowest BCUT2D eigenvalue weighted by atomic mass is 10.0. The zero-order chi connectivity index (χ0) is 9.84. The van der Waals surface area contributed by atoms with Crippen molar-refractivity contribution in [3.8, 4) is 5.75 Å². The number of ether oxygens (including phenoxy) is 1.